The van der Waals surface area contributed by atoms with Crippen molar-refractivity contribution in [1.29, 1.82) is 0 Å². The molecule has 6 nitrogen and oxygen atoms in total. The molecular formula is C31H40N2O4. The Morgan fingerprint density at radius 3 is 2.68 bits per heavy atom. The average molecular weight is 505 g/mol. The molecule has 1 N–H and O–H groups in total. The minimum Gasteiger partial charge on any atom is -0.508 e. The summed E-state index contributed by atoms with van der Waals surface area (Å²) in [6.07, 6.45) is 9.73. The van der Waals surface area contributed by atoms with Gasteiger partial charge >= 0.3 is 0 Å². The molecule has 1 amide bonds. The van der Waals surface area contributed by atoms with Crippen molar-refractivity contribution in [2.24, 2.45) is 5.92 Å². The minimum atomic E-state index is -0.343. The Bertz CT molecular complexity index is 1150. The van der Waals surface area contributed by atoms with Gasteiger partial charge in [0.2, 0.25) is 5.91 Å². The second-order valence-electron chi connectivity index (χ2n) is 11.2. The zero-order chi connectivity index (χ0) is 26.0. The standard InChI is InChI=1S/C31H40N2O4/c1-32(29(35)13-12-23-6-4-9-28(18-23)36-2)26-14-15-31(37-3)22-33(21-24-10-11-24)17-16-30(31,20-26)25-7-5-8-27(34)19-25/h4-9,12-13,18-19,24,26,34H,10-11,14-17,20-22H2,1-3H3/t26-,30+,31+/m1/s1. The number of aromatic hydroxyl groups is 1. The van der Waals surface area contributed by atoms with Gasteiger partial charge in [-0.25, -0.2) is 0 Å². The molecule has 5 rings (SSSR count). The van der Waals surface area contributed by atoms with Crippen molar-refractivity contribution in [3.8, 4) is 11.5 Å². The molecule has 198 valence electrons. The lowest BCUT2D eigenvalue weighted by molar-refractivity contribution is -0.159. The molecule has 0 bridgehead atoms. The Morgan fingerprint density at radius 2 is 1.95 bits per heavy atom. The van der Waals surface area contributed by atoms with Crippen LogP contribution in [0.5, 0.6) is 11.5 Å². The summed E-state index contributed by atoms with van der Waals surface area (Å²) in [5, 5.41) is 10.4. The van der Waals surface area contributed by atoms with Crippen LogP contribution in [0, 0.1) is 5.92 Å². The maximum atomic E-state index is 13.3. The number of carbonyl (C=O) groups is 1. The Balaban J connectivity index is 1.40. The molecular weight excluding hydrogens is 464 g/mol. The van der Waals surface area contributed by atoms with E-state index in [1.165, 1.54) is 12.8 Å². The predicted octanol–water partition coefficient (Wildman–Crippen LogP) is 4.86. The average Bonchev–Trinajstić information content (AvgIpc) is 3.75. The Morgan fingerprint density at radius 1 is 1.14 bits per heavy atom. The van der Waals surface area contributed by atoms with E-state index in [4.69, 9.17) is 9.47 Å². The van der Waals surface area contributed by atoms with Gasteiger partial charge in [0.1, 0.15) is 11.5 Å². The third-order valence-corrected chi connectivity index (χ3v) is 9.08. The SMILES string of the molecule is COc1cccc(C=CC(=O)N(C)[C@@H]2CC[C@]3(OC)CN(CC4CC4)CC[C@@]3(c3cccc(O)c3)C2)c1. The molecule has 37 heavy (non-hydrogen) atoms. The number of benzene rings is 2. The van der Waals surface area contributed by atoms with Gasteiger partial charge in [-0.3, -0.25) is 4.79 Å². The lowest BCUT2D eigenvalue weighted by Gasteiger charge is -2.60. The van der Waals surface area contributed by atoms with Crippen LogP contribution in [0.3, 0.4) is 0 Å². The summed E-state index contributed by atoms with van der Waals surface area (Å²) >= 11 is 0. The fourth-order valence-corrected chi connectivity index (χ4v) is 6.73. The van der Waals surface area contributed by atoms with Crippen molar-refractivity contribution in [2.75, 3.05) is 40.9 Å². The van der Waals surface area contributed by atoms with Crippen LogP contribution in [0.15, 0.2) is 54.6 Å². The number of phenolic OH excluding ortho intramolecular Hbond substituents is 1. The summed E-state index contributed by atoms with van der Waals surface area (Å²) in [6, 6.07) is 15.5. The first-order valence-corrected chi connectivity index (χ1v) is 13.5. The number of rotatable bonds is 8. The minimum absolute atomic E-state index is 0.00466. The Hall–Kier alpha value is -2.83. The molecule has 2 aromatic carbocycles. The van der Waals surface area contributed by atoms with Gasteiger partial charge in [0.15, 0.2) is 0 Å². The summed E-state index contributed by atoms with van der Waals surface area (Å²) in [5.74, 6) is 1.88. The number of hydrogen-bond acceptors (Lipinski definition) is 5. The molecule has 0 unspecified atom stereocenters. The quantitative estimate of drug-likeness (QED) is 0.520. The molecule has 1 heterocycles. The fourth-order valence-electron chi connectivity index (χ4n) is 6.73. The Labute approximate surface area is 220 Å². The second-order valence-corrected chi connectivity index (χ2v) is 11.2. The second kappa shape index (κ2) is 10.5. The molecule has 3 fully saturated rings. The summed E-state index contributed by atoms with van der Waals surface area (Å²) in [6.45, 7) is 3.06. The van der Waals surface area contributed by atoms with Crippen molar-refractivity contribution in [1.82, 2.24) is 9.80 Å². The van der Waals surface area contributed by atoms with Crippen molar-refractivity contribution >= 4 is 12.0 Å². The number of likely N-dealkylation sites (tertiary alicyclic amines) is 1. The van der Waals surface area contributed by atoms with Gasteiger partial charge in [-0.2, -0.15) is 0 Å². The lowest BCUT2D eigenvalue weighted by atomic mass is 9.55. The number of carbonyl (C=O) groups excluding carboxylic acids is 1. The number of piperidine rings is 1. The topological polar surface area (TPSA) is 62.2 Å². The number of amides is 1. The molecule has 2 aromatic rings. The van der Waals surface area contributed by atoms with Crippen LogP contribution in [0.2, 0.25) is 0 Å². The lowest BCUT2D eigenvalue weighted by Crippen LogP contribution is -2.68. The van der Waals surface area contributed by atoms with E-state index >= 15 is 0 Å². The summed E-state index contributed by atoms with van der Waals surface area (Å²) in [7, 11) is 5.41. The molecule has 2 aliphatic carbocycles. The van der Waals surface area contributed by atoms with E-state index in [-0.39, 0.29) is 28.7 Å². The molecule has 1 saturated heterocycles. The highest BCUT2D eigenvalue weighted by molar-refractivity contribution is 5.91. The van der Waals surface area contributed by atoms with Gasteiger partial charge in [0.05, 0.1) is 12.7 Å². The number of likely N-dealkylation sites (N-methyl/N-ethyl adjacent to an activating group) is 1. The highest BCUT2D eigenvalue weighted by atomic mass is 16.5. The zero-order valence-corrected chi connectivity index (χ0v) is 22.4. The van der Waals surface area contributed by atoms with Crippen LogP contribution >= 0.6 is 0 Å². The van der Waals surface area contributed by atoms with Crippen LogP contribution < -0.4 is 4.74 Å². The monoisotopic (exact) mass is 504 g/mol. The molecule has 6 heteroatoms. The van der Waals surface area contributed by atoms with E-state index in [1.54, 1.807) is 19.3 Å². The highest BCUT2D eigenvalue weighted by Gasteiger charge is 2.59. The van der Waals surface area contributed by atoms with Crippen LogP contribution in [0.25, 0.3) is 6.08 Å². The Kier molecular flexibility index (Phi) is 7.32. The summed E-state index contributed by atoms with van der Waals surface area (Å²) in [5.41, 5.74) is 1.44. The molecule has 3 atom stereocenters. The molecule has 3 aliphatic rings. The first-order chi connectivity index (χ1) is 17.9. The van der Waals surface area contributed by atoms with Crippen molar-refractivity contribution < 1.29 is 19.4 Å². The molecule has 0 aromatic heterocycles. The van der Waals surface area contributed by atoms with E-state index in [9.17, 15) is 9.90 Å². The molecule has 2 saturated carbocycles. The van der Waals surface area contributed by atoms with Crippen LogP contribution in [-0.4, -0.2) is 73.4 Å². The van der Waals surface area contributed by atoms with Gasteiger partial charge in [0, 0.05) is 44.8 Å². The van der Waals surface area contributed by atoms with Gasteiger partial charge in [0.25, 0.3) is 0 Å². The third-order valence-electron chi connectivity index (χ3n) is 9.08. The number of hydrogen-bond donors (Lipinski definition) is 1. The first kappa shape index (κ1) is 25.8. The van der Waals surface area contributed by atoms with E-state index in [2.05, 4.69) is 11.0 Å². The van der Waals surface area contributed by atoms with E-state index < -0.39 is 0 Å². The van der Waals surface area contributed by atoms with Crippen molar-refractivity contribution in [3.63, 3.8) is 0 Å². The third kappa shape index (κ3) is 5.14. The number of fused-ring (bicyclic) bond motifs is 1. The maximum absolute atomic E-state index is 13.3. The number of phenols is 1. The smallest absolute Gasteiger partial charge is 0.246 e. The normalized spacial score (nSPS) is 28.1. The van der Waals surface area contributed by atoms with E-state index in [0.717, 1.165) is 68.1 Å². The summed E-state index contributed by atoms with van der Waals surface area (Å²) in [4.78, 5) is 17.8. The number of nitrogens with zero attached hydrogens (tertiary/aromatic N) is 2. The van der Waals surface area contributed by atoms with Crippen LogP contribution in [-0.2, 0) is 14.9 Å². The van der Waals surface area contributed by atoms with E-state index in [1.807, 2.05) is 61.5 Å². The van der Waals surface area contributed by atoms with Crippen LogP contribution in [0.4, 0.5) is 0 Å². The predicted molar refractivity (Wildman–Crippen MR) is 146 cm³/mol. The summed E-state index contributed by atoms with van der Waals surface area (Å²) < 4.78 is 11.8. The zero-order valence-electron chi connectivity index (χ0n) is 22.4. The number of methoxy groups -OCH3 is 2. The molecule has 0 spiro atoms. The molecule has 0 radical (unpaired) electrons. The van der Waals surface area contributed by atoms with Crippen molar-refractivity contribution in [3.05, 3.63) is 65.7 Å². The molecule has 1 aliphatic heterocycles. The van der Waals surface area contributed by atoms with Gasteiger partial charge in [-0.1, -0.05) is 24.3 Å². The van der Waals surface area contributed by atoms with Gasteiger partial charge < -0.3 is 24.4 Å². The first-order valence-electron chi connectivity index (χ1n) is 13.5. The van der Waals surface area contributed by atoms with Crippen LogP contribution in [0.1, 0.15) is 49.7 Å². The fraction of sp³-hybridized carbons (Fsp3) is 0.516. The number of ether oxygens (including phenoxy) is 2. The van der Waals surface area contributed by atoms with E-state index in [0.29, 0.717) is 0 Å². The maximum Gasteiger partial charge on any atom is 0.246 e. The van der Waals surface area contributed by atoms with Gasteiger partial charge in [-0.05, 0) is 92.5 Å². The van der Waals surface area contributed by atoms with Gasteiger partial charge in [-0.15, -0.1) is 0 Å². The largest absolute Gasteiger partial charge is 0.508 e. The highest BCUT2D eigenvalue weighted by Crippen LogP contribution is 2.54. The van der Waals surface area contributed by atoms with Crippen molar-refractivity contribution in [2.45, 2.75) is 55.6 Å².